The van der Waals surface area contributed by atoms with Gasteiger partial charge in [0.15, 0.2) is 5.16 Å². The van der Waals surface area contributed by atoms with E-state index in [1.807, 2.05) is 74.5 Å². The van der Waals surface area contributed by atoms with Gasteiger partial charge in [0.05, 0.1) is 16.6 Å². The molecule has 0 aliphatic carbocycles. The Morgan fingerprint density at radius 2 is 1.72 bits per heavy atom. The molecule has 6 nitrogen and oxygen atoms in total. The van der Waals surface area contributed by atoms with E-state index in [9.17, 15) is 4.79 Å². The van der Waals surface area contributed by atoms with Crippen molar-refractivity contribution < 1.29 is 4.42 Å². The largest absolute Gasteiger partial charge is 0.441 e. The molecule has 0 amide bonds. The molecule has 5 aromatic rings. The van der Waals surface area contributed by atoms with E-state index in [1.165, 1.54) is 11.8 Å². The molecule has 0 atom stereocenters. The van der Waals surface area contributed by atoms with E-state index in [4.69, 9.17) is 9.40 Å². The molecule has 0 unspecified atom stereocenters. The number of nitrogens with zero attached hydrogens (tertiary/aromatic N) is 4. The van der Waals surface area contributed by atoms with Crippen molar-refractivity contribution in [2.45, 2.75) is 24.8 Å². The van der Waals surface area contributed by atoms with Crippen molar-refractivity contribution in [3.63, 3.8) is 0 Å². The predicted molar refractivity (Wildman–Crippen MR) is 126 cm³/mol. The maximum Gasteiger partial charge on any atom is 0.267 e. The Morgan fingerprint density at radius 3 is 2.53 bits per heavy atom. The molecule has 0 aliphatic heterocycles. The quantitative estimate of drug-likeness (QED) is 0.271. The number of aromatic nitrogens is 4. The number of oxazole rings is 1. The molecule has 3 aromatic heterocycles. The highest BCUT2D eigenvalue weighted by Gasteiger charge is 2.18. The molecular weight excluding hydrogens is 420 g/mol. The summed E-state index contributed by atoms with van der Waals surface area (Å²) in [6.45, 7) is 3.84. The van der Waals surface area contributed by atoms with Crippen LogP contribution >= 0.6 is 11.8 Å². The van der Waals surface area contributed by atoms with Gasteiger partial charge in [0, 0.05) is 17.5 Å². The first-order valence-electron chi connectivity index (χ1n) is 10.2. The van der Waals surface area contributed by atoms with Crippen LogP contribution in [0.25, 0.3) is 28.2 Å². The minimum Gasteiger partial charge on any atom is -0.441 e. The van der Waals surface area contributed by atoms with Crippen LogP contribution < -0.4 is 5.56 Å². The smallest absolute Gasteiger partial charge is 0.267 e. The third kappa shape index (κ3) is 3.71. The summed E-state index contributed by atoms with van der Waals surface area (Å²) in [5, 5.41) is 1.13. The average Bonchev–Trinajstić information content (AvgIpc) is 3.20. The first-order chi connectivity index (χ1) is 15.6. The zero-order chi connectivity index (χ0) is 22.1. The minimum atomic E-state index is -0.137. The van der Waals surface area contributed by atoms with Crippen LogP contribution in [-0.2, 0) is 5.75 Å². The number of pyridine rings is 1. The number of hydrogen-bond acceptors (Lipinski definition) is 6. The van der Waals surface area contributed by atoms with Crippen LogP contribution in [0.4, 0.5) is 0 Å². The van der Waals surface area contributed by atoms with E-state index in [2.05, 4.69) is 9.97 Å². The topological polar surface area (TPSA) is 73.8 Å². The standard InChI is InChI=1S/C25H20N4O2S/c1-16-9-8-14-26-22(16)29-24(30)19-12-6-7-13-20(19)28-25(29)32-15-21-17(2)31-23(27-21)18-10-4-3-5-11-18/h3-14H,15H2,1-2H3. The van der Waals surface area contributed by atoms with Crippen LogP contribution in [0.15, 0.2) is 87.3 Å². The van der Waals surface area contributed by atoms with Gasteiger partial charge in [-0.1, -0.05) is 48.2 Å². The van der Waals surface area contributed by atoms with Crippen LogP contribution in [-0.4, -0.2) is 19.5 Å². The van der Waals surface area contributed by atoms with Crippen LogP contribution in [0.3, 0.4) is 0 Å². The fourth-order valence-electron chi connectivity index (χ4n) is 3.51. The van der Waals surface area contributed by atoms with E-state index in [-0.39, 0.29) is 5.56 Å². The van der Waals surface area contributed by atoms with Gasteiger partial charge in [0.2, 0.25) is 5.89 Å². The van der Waals surface area contributed by atoms with Gasteiger partial charge in [-0.2, -0.15) is 0 Å². The number of hydrogen-bond donors (Lipinski definition) is 0. The molecule has 0 saturated heterocycles. The second-order valence-electron chi connectivity index (χ2n) is 7.37. The van der Waals surface area contributed by atoms with Crippen LogP contribution in [0.5, 0.6) is 0 Å². The van der Waals surface area contributed by atoms with Gasteiger partial charge in [-0.15, -0.1) is 0 Å². The van der Waals surface area contributed by atoms with Crippen molar-refractivity contribution in [3.05, 3.63) is 100 Å². The summed E-state index contributed by atoms with van der Waals surface area (Å²) in [6, 6.07) is 21.0. The van der Waals surface area contributed by atoms with E-state index >= 15 is 0 Å². The summed E-state index contributed by atoms with van der Waals surface area (Å²) in [6.07, 6.45) is 1.69. The molecule has 2 aromatic carbocycles. The first kappa shape index (κ1) is 20.2. The molecule has 0 N–H and O–H groups in total. The summed E-state index contributed by atoms with van der Waals surface area (Å²) >= 11 is 1.44. The third-order valence-electron chi connectivity index (χ3n) is 5.19. The van der Waals surface area contributed by atoms with Gasteiger partial charge in [-0.25, -0.2) is 19.5 Å². The van der Waals surface area contributed by atoms with Gasteiger partial charge < -0.3 is 4.42 Å². The summed E-state index contributed by atoms with van der Waals surface area (Å²) in [5.74, 6) is 2.43. The number of fused-ring (bicyclic) bond motifs is 1. The molecule has 32 heavy (non-hydrogen) atoms. The number of aryl methyl sites for hydroxylation is 2. The van der Waals surface area contributed by atoms with E-state index in [0.29, 0.717) is 33.5 Å². The van der Waals surface area contributed by atoms with Crippen molar-refractivity contribution in [1.82, 2.24) is 19.5 Å². The van der Waals surface area contributed by atoms with Crippen molar-refractivity contribution >= 4 is 22.7 Å². The van der Waals surface area contributed by atoms with Crippen molar-refractivity contribution in [2.75, 3.05) is 0 Å². The Labute approximate surface area is 189 Å². The van der Waals surface area contributed by atoms with E-state index in [0.717, 1.165) is 22.6 Å². The summed E-state index contributed by atoms with van der Waals surface area (Å²) in [7, 11) is 0. The zero-order valence-electron chi connectivity index (χ0n) is 17.6. The second kappa shape index (κ2) is 8.43. The molecule has 0 aliphatic rings. The average molecular weight is 441 g/mol. The normalized spacial score (nSPS) is 11.2. The Bertz CT molecular complexity index is 1470. The lowest BCUT2D eigenvalue weighted by molar-refractivity contribution is 0.540. The Kier molecular flexibility index (Phi) is 5.33. The maximum atomic E-state index is 13.4. The maximum absolute atomic E-state index is 13.4. The lowest BCUT2D eigenvalue weighted by atomic mass is 10.2. The number of thioether (sulfide) groups is 1. The summed E-state index contributed by atoms with van der Waals surface area (Å²) in [4.78, 5) is 27.3. The Balaban J connectivity index is 1.56. The minimum absolute atomic E-state index is 0.137. The number of rotatable bonds is 5. The Morgan fingerprint density at radius 1 is 0.938 bits per heavy atom. The molecule has 5 rings (SSSR count). The lowest BCUT2D eigenvalue weighted by Crippen LogP contribution is -2.23. The molecule has 3 heterocycles. The van der Waals surface area contributed by atoms with Gasteiger partial charge in [0.1, 0.15) is 11.6 Å². The van der Waals surface area contributed by atoms with Crippen molar-refractivity contribution in [1.29, 1.82) is 0 Å². The number of para-hydroxylation sites is 1. The monoisotopic (exact) mass is 440 g/mol. The van der Waals surface area contributed by atoms with Crippen LogP contribution in [0.2, 0.25) is 0 Å². The molecule has 0 bridgehead atoms. The molecule has 0 spiro atoms. The van der Waals surface area contributed by atoms with Crippen LogP contribution in [0, 0.1) is 13.8 Å². The molecular formula is C25H20N4O2S. The van der Waals surface area contributed by atoms with E-state index in [1.54, 1.807) is 16.8 Å². The first-order valence-corrected chi connectivity index (χ1v) is 11.2. The number of benzene rings is 2. The summed E-state index contributed by atoms with van der Waals surface area (Å²) in [5.41, 5.74) is 3.17. The highest BCUT2D eigenvalue weighted by Crippen LogP contribution is 2.28. The molecule has 7 heteroatoms. The molecule has 0 fully saturated rings. The van der Waals surface area contributed by atoms with Crippen LogP contribution in [0.1, 0.15) is 17.0 Å². The highest BCUT2D eigenvalue weighted by atomic mass is 32.2. The fourth-order valence-corrected chi connectivity index (χ4v) is 4.50. The second-order valence-corrected chi connectivity index (χ2v) is 8.32. The third-order valence-corrected chi connectivity index (χ3v) is 6.14. The fraction of sp³-hybridized carbons (Fsp3) is 0.120. The van der Waals surface area contributed by atoms with Crippen molar-refractivity contribution in [3.8, 4) is 17.3 Å². The highest BCUT2D eigenvalue weighted by molar-refractivity contribution is 7.98. The van der Waals surface area contributed by atoms with Crippen molar-refractivity contribution in [2.24, 2.45) is 0 Å². The predicted octanol–water partition coefficient (Wildman–Crippen LogP) is 5.34. The van der Waals surface area contributed by atoms with Gasteiger partial charge in [-0.05, 0) is 49.7 Å². The van der Waals surface area contributed by atoms with Gasteiger partial charge in [-0.3, -0.25) is 4.79 Å². The zero-order valence-corrected chi connectivity index (χ0v) is 18.5. The molecule has 0 saturated carbocycles. The Hall–Kier alpha value is -3.71. The van der Waals surface area contributed by atoms with Gasteiger partial charge >= 0.3 is 0 Å². The molecule has 0 radical (unpaired) electrons. The SMILES string of the molecule is Cc1cccnc1-n1c(SCc2nc(-c3ccccc3)oc2C)nc2ccccc2c1=O. The van der Waals surface area contributed by atoms with E-state index < -0.39 is 0 Å². The van der Waals surface area contributed by atoms with Gasteiger partial charge in [0.25, 0.3) is 5.56 Å². The lowest BCUT2D eigenvalue weighted by Gasteiger charge is -2.13. The summed E-state index contributed by atoms with van der Waals surface area (Å²) < 4.78 is 7.48. The molecule has 158 valence electrons.